The molecule has 0 fully saturated rings. The third-order valence-corrected chi connectivity index (χ3v) is 3.98. The first-order valence-corrected chi connectivity index (χ1v) is 7.12. The zero-order chi connectivity index (χ0) is 13.2. The van der Waals surface area contributed by atoms with Crippen LogP contribution in [-0.4, -0.2) is 32.5 Å². The summed E-state index contributed by atoms with van der Waals surface area (Å²) in [6, 6.07) is 2.28. The van der Waals surface area contributed by atoms with Crippen LogP contribution in [-0.2, 0) is 13.1 Å². The number of imidazole rings is 1. The van der Waals surface area contributed by atoms with Gasteiger partial charge in [0.15, 0.2) is 0 Å². The van der Waals surface area contributed by atoms with Gasteiger partial charge in [0.25, 0.3) is 0 Å². The minimum absolute atomic E-state index is 0.190. The van der Waals surface area contributed by atoms with Crippen molar-refractivity contribution in [2.45, 2.75) is 19.1 Å². The number of fused-ring (bicyclic) bond motifs is 1. The fourth-order valence-corrected chi connectivity index (χ4v) is 2.95. The summed E-state index contributed by atoms with van der Waals surface area (Å²) < 4.78 is 3.19. The summed E-state index contributed by atoms with van der Waals surface area (Å²) in [5.41, 5.74) is 7.12. The lowest BCUT2D eigenvalue weighted by atomic mass is 10.1. The highest BCUT2D eigenvalue weighted by molar-refractivity contribution is 9.10. The zero-order valence-electron chi connectivity index (χ0n) is 10.5. The number of halogens is 1. The van der Waals surface area contributed by atoms with Crippen molar-refractivity contribution in [3.8, 4) is 0 Å². The Hall–Kier alpha value is -1.24. The first-order chi connectivity index (χ1) is 9.28. The van der Waals surface area contributed by atoms with E-state index in [0.717, 1.165) is 35.5 Å². The molecular formula is C13H16BrN5. The Kier molecular flexibility index (Phi) is 3.63. The average Bonchev–Trinajstić information content (AvgIpc) is 2.87. The lowest BCUT2D eigenvalue weighted by Crippen LogP contribution is -2.39. The van der Waals surface area contributed by atoms with Gasteiger partial charge in [-0.1, -0.05) is 0 Å². The Morgan fingerprint density at radius 3 is 3.05 bits per heavy atom. The molecule has 5 nitrogen and oxygen atoms in total. The van der Waals surface area contributed by atoms with Crippen molar-refractivity contribution in [1.29, 1.82) is 0 Å². The number of aromatic nitrogens is 3. The molecule has 0 aromatic carbocycles. The third kappa shape index (κ3) is 2.56. The predicted octanol–water partition coefficient (Wildman–Crippen LogP) is 1.56. The van der Waals surface area contributed by atoms with E-state index in [-0.39, 0.29) is 6.04 Å². The highest BCUT2D eigenvalue weighted by Crippen LogP contribution is 2.25. The Morgan fingerprint density at radius 1 is 1.37 bits per heavy atom. The van der Waals surface area contributed by atoms with Gasteiger partial charge < -0.3 is 10.3 Å². The van der Waals surface area contributed by atoms with Gasteiger partial charge in [-0.05, 0) is 27.6 Å². The van der Waals surface area contributed by atoms with E-state index in [0.29, 0.717) is 6.54 Å². The molecule has 19 heavy (non-hydrogen) atoms. The van der Waals surface area contributed by atoms with Gasteiger partial charge in [-0.25, -0.2) is 4.98 Å². The maximum absolute atomic E-state index is 5.97. The molecule has 0 saturated heterocycles. The van der Waals surface area contributed by atoms with Crippen molar-refractivity contribution >= 4 is 15.9 Å². The smallest absolute Gasteiger partial charge is 0.122 e. The van der Waals surface area contributed by atoms with Crippen LogP contribution in [0.15, 0.2) is 35.3 Å². The summed E-state index contributed by atoms with van der Waals surface area (Å²) >= 11 is 3.46. The molecule has 1 aliphatic rings. The van der Waals surface area contributed by atoms with Crippen LogP contribution in [0.4, 0.5) is 0 Å². The first-order valence-electron chi connectivity index (χ1n) is 6.32. The molecule has 1 atom stereocenters. The molecule has 0 spiro atoms. The molecule has 1 aliphatic heterocycles. The van der Waals surface area contributed by atoms with Gasteiger partial charge in [0, 0.05) is 54.9 Å². The number of nitrogens with two attached hydrogens (primary N) is 1. The summed E-state index contributed by atoms with van der Waals surface area (Å²) in [5.74, 6) is 1.10. The summed E-state index contributed by atoms with van der Waals surface area (Å²) in [6.07, 6.45) is 7.57. The van der Waals surface area contributed by atoms with E-state index in [1.807, 2.05) is 18.6 Å². The molecule has 0 saturated carbocycles. The number of pyridine rings is 1. The third-order valence-electron chi connectivity index (χ3n) is 3.55. The van der Waals surface area contributed by atoms with Gasteiger partial charge in [0.1, 0.15) is 5.82 Å². The topological polar surface area (TPSA) is 60.0 Å². The summed E-state index contributed by atoms with van der Waals surface area (Å²) in [6.45, 7) is 3.37. The SMILES string of the molecule is NCC(c1cncc(Br)c1)N1CCn2ccnc2C1. The van der Waals surface area contributed by atoms with Gasteiger partial charge in [0.05, 0.1) is 6.54 Å². The first kappa shape index (κ1) is 12.8. The van der Waals surface area contributed by atoms with Crippen molar-refractivity contribution in [1.82, 2.24) is 19.4 Å². The van der Waals surface area contributed by atoms with E-state index in [1.54, 1.807) is 6.20 Å². The number of hydrogen-bond donors (Lipinski definition) is 1. The molecule has 2 aromatic heterocycles. The van der Waals surface area contributed by atoms with Crippen molar-refractivity contribution in [3.05, 3.63) is 46.7 Å². The minimum Gasteiger partial charge on any atom is -0.333 e. The molecule has 100 valence electrons. The van der Waals surface area contributed by atoms with Crippen LogP contribution >= 0.6 is 15.9 Å². The van der Waals surface area contributed by atoms with E-state index in [4.69, 9.17) is 5.73 Å². The van der Waals surface area contributed by atoms with E-state index in [1.165, 1.54) is 0 Å². The largest absolute Gasteiger partial charge is 0.333 e. The van der Waals surface area contributed by atoms with Crippen LogP contribution in [0.1, 0.15) is 17.4 Å². The standard InChI is InChI=1S/C13H16BrN5/c14-11-5-10(7-16-8-11)12(6-15)19-4-3-18-2-1-17-13(18)9-19/h1-2,5,7-8,12H,3-4,6,9,15H2. The second-order valence-electron chi connectivity index (χ2n) is 4.70. The number of hydrogen-bond acceptors (Lipinski definition) is 4. The second-order valence-corrected chi connectivity index (χ2v) is 5.61. The van der Waals surface area contributed by atoms with Gasteiger partial charge >= 0.3 is 0 Å². The Labute approximate surface area is 120 Å². The van der Waals surface area contributed by atoms with E-state index < -0.39 is 0 Å². The molecule has 1 unspecified atom stereocenters. The average molecular weight is 322 g/mol. The highest BCUT2D eigenvalue weighted by atomic mass is 79.9. The minimum atomic E-state index is 0.190. The highest BCUT2D eigenvalue weighted by Gasteiger charge is 2.24. The Bertz CT molecular complexity index is 568. The lowest BCUT2D eigenvalue weighted by Gasteiger charge is -2.34. The molecule has 0 bridgehead atoms. The van der Waals surface area contributed by atoms with Gasteiger partial charge in [-0.3, -0.25) is 9.88 Å². The van der Waals surface area contributed by atoms with Gasteiger partial charge in [-0.2, -0.15) is 0 Å². The fraction of sp³-hybridized carbons (Fsp3) is 0.385. The van der Waals surface area contributed by atoms with Crippen molar-refractivity contribution in [2.24, 2.45) is 5.73 Å². The summed E-state index contributed by atoms with van der Waals surface area (Å²) in [4.78, 5) is 11.0. The van der Waals surface area contributed by atoms with Crippen LogP contribution in [0.3, 0.4) is 0 Å². The molecule has 6 heteroatoms. The van der Waals surface area contributed by atoms with Crippen LogP contribution < -0.4 is 5.73 Å². The van der Waals surface area contributed by atoms with E-state index in [2.05, 4.69) is 41.4 Å². The predicted molar refractivity (Wildman–Crippen MR) is 76.4 cm³/mol. The fourth-order valence-electron chi connectivity index (χ4n) is 2.56. The molecule has 3 heterocycles. The zero-order valence-corrected chi connectivity index (χ0v) is 12.1. The number of rotatable bonds is 3. The van der Waals surface area contributed by atoms with E-state index in [9.17, 15) is 0 Å². The van der Waals surface area contributed by atoms with Crippen LogP contribution in [0, 0.1) is 0 Å². The van der Waals surface area contributed by atoms with Crippen molar-refractivity contribution < 1.29 is 0 Å². The molecule has 2 aromatic rings. The number of nitrogens with zero attached hydrogens (tertiary/aromatic N) is 4. The normalized spacial score (nSPS) is 17.2. The van der Waals surface area contributed by atoms with Crippen LogP contribution in [0.2, 0.25) is 0 Å². The summed E-state index contributed by atoms with van der Waals surface area (Å²) in [5, 5.41) is 0. The second kappa shape index (κ2) is 5.40. The Balaban J connectivity index is 1.84. The molecule has 0 amide bonds. The summed E-state index contributed by atoms with van der Waals surface area (Å²) in [7, 11) is 0. The van der Waals surface area contributed by atoms with Gasteiger partial charge in [-0.15, -0.1) is 0 Å². The van der Waals surface area contributed by atoms with E-state index >= 15 is 0 Å². The molecule has 3 rings (SSSR count). The maximum Gasteiger partial charge on any atom is 0.122 e. The quantitative estimate of drug-likeness (QED) is 0.932. The van der Waals surface area contributed by atoms with Crippen LogP contribution in [0.5, 0.6) is 0 Å². The molecule has 2 N–H and O–H groups in total. The maximum atomic E-state index is 5.97. The monoisotopic (exact) mass is 321 g/mol. The van der Waals surface area contributed by atoms with Crippen molar-refractivity contribution in [3.63, 3.8) is 0 Å². The van der Waals surface area contributed by atoms with Crippen LogP contribution in [0.25, 0.3) is 0 Å². The van der Waals surface area contributed by atoms with Crippen molar-refractivity contribution in [2.75, 3.05) is 13.1 Å². The molecule has 0 aliphatic carbocycles. The molecular weight excluding hydrogens is 306 g/mol. The Morgan fingerprint density at radius 2 is 2.26 bits per heavy atom. The lowest BCUT2D eigenvalue weighted by molar-refractivity contribution is 0.156. The van der Waals surface area contributed by atoms with Gasteiger partial charge in [0.2, 0.25) is 0 Å². The molecule has 0 radical (unpaired) electrons.